The first-order valence-electron chi connectivity index (χ1n) is 8.90. The van der Waals surface area contributed by atoms with E-state index in [2.05, 4.69) is 14.9 Å². The highest BCUT2D eigenvalue weighted by molar-refractivity contribution is 5.69. The molecular formula is C19H26N6O2. The molecule has 2 aromatic heterocycles. The second kappa shape index (κ2) is 7.30. The van der Waals surface area contributed by atoms with E-state index in [1.54, 1.807) is 29.4 Å². The van der Waals surface area contributed by atoms with E-state index in [0.717, 1.165) is 11.3 Å². The van der Waals surface area contributed by atoms with Gasteiger partial charge < -0.3 is 26.0 Å². The van der Waals surface area contributed by atoms with Crippen molar-refractivity contribution in [3.63, 3.8) is 0 Å². The van der Waals surface area contributed by atoms with Crippen molar-refractivity contribution in [2.75, 3.05) is 36.0 Å². The minimum Gasteiger partial charge on any atom is -0.444 e. The summed E-state index contributed by atoms with van der Waals surface area (Å²) in [5.41, 5.74) is 12.8. The van der Waals surface area contributed by atoms with Gasteiger partial charge in [-0.1, -0.05) is 6.07 Å². The average Bonchev–Trinajstić information content (AvgIpc) is 2.61. The Balaban J connectivity index is 1.87. The van der Waals surface area contributed by atoms with Gasteiger partial charge in [-0.25, -0.2) is 14.8 Å². The molecule has 3 rings (SSSR count). The Morgan fingerprint density at radius 3 is 2.30 bits per heavy atom. The number of carbonyl (C=O) groups is 1. The van der Waals surface area contributed by atoms with Gasteiger partial charge in [0.2, 0.25) is 0 Å². The molecule has 1 aliphatic heterocycles. The largest absolute Gasteiger partial charge is 0.444 e. The predicted molar refractivity (Wildman–Crippen MR) is 105 cm³/mol. The maximum absolute atomic E-state index is 12.6. The SMILES string of the molecule is CC(C)(C)OC(=O)N1CCN(c2ccc(N)nc2)C(c2ccc(N)nc2)C1. The molecule has 0 saturated carbocycles. The monoisotopic (exact) mass is 370 g/mol. The molecule has 0 bridgehead atoms. The van der Waals surface area contributed by atoms with Crippen LogP contribution < -0.4 is 16.4 Å². The molecule has 1 amide bonds. The van der Waals surface area contributed by atoms with Crippen molar-refractivity contribution in [3.05, 3.63) is 42.2 Å². The zero-order valence-corrected chi connectivity index (χ0v) is 15.9. The summed E-state index contributed by atoms with van der Waals surface area (Å²) >= 11 is 0. The number of rotatable bonds is 2. The van der Waals surface area contributed by atoms with Crippen LogP contribution in [0.25, 0.3) is 0 Å². The molecule has 144 valence electrons. The van der Waals surface area contributed by atoms with Gasteiger partial charge in [-0.2, -0.15) is 0 Å². The van der Waals surface area contributed by atoms with Crippen molar-refractivity contribution in [3.8, 4) is 0 Å². The van der Waals surface area contributed by atoms with E-state index >= 15 is 0 Å². The van der Waals surface area contributed by atoms with Crippen molar-refractivity contribution >= 4 is 23.4 Å². The molecule has 27 heavy (non-hydrogen) atoms. The maximum atomic E-state index is 12.6. The van der Waals surface area contributed by atoms with Gasteiger partial charge in [0.1, 0.15) is 17.2 Å². The summed E-state index contributed by atoms with van der Waals surface area (Å²) in [4.78, 5) is 24.9. The molecule has 4 N–H and O–H groups in total. The number of ether oxygens (including phenoxy) is 1. The van der Waals surface area contributed by atoms with Crippen LogP contribution >= 0.6 is 0 Å². The standard InChI is InChI=1S/C19H26N6O2/c1-19(2,3)27-18(26)24-8-9-25(14-5-7-17(21)23-11-14)15(12-24)13-4-6-16(20)22-10-13/h4-7,10-11,15H,8-9,12H2,1-3H3,(H2,20,22)(H2,21,23). The Morgan fingerprint density at radius 1 is 1.07 bits per heavy atom. The van der Waals surface area contributed by atoms with Gasteiger partial charge in [0, 0.05) is 25.8 Å². The molecule has 3 heterocycles. The number of hydrogen-bond acceptors (Lipinski definition) is 7. The van der Waals surface area contributed by atoms with Crippen LogP contribution in [0.15, 0.2) is 36.7 Å². The van der Waals surface area contributed by atoms with Gasteiger partial charge >= 0.3 is 6.09 Å². The van der Waals surface area contributed by atoms with E-state index in [0.29, 0.717) is 31.3 Å². The number of nitrogens with zero attached hydrogens (tertiary/aromatic N) is 4. The number of pyridine rings is 2. The highest BCUT2D eigenvalue weighted by atomic mass is 16.6. The Hall–Kier alpha value is -3.03. The second-order valence-corrected chi connectivity index (χ2v) is 7.59. The first-order chi connectivity index (χ1) is 12.7. The molecule has 8 heteroatoms. The van der Waals surface area contributed by atoms with E-state index in [-0.39, 0.29) is 12.1 Å². The van der Waals surface area contributed by atoms with Crippen LogP contribution in [0.1, 0.15) is 32.4 Å². The van der Waals surface area contributed by atoms with E-state index in [9.17, 15) is 4.79 Å². The van der Waals surface area contributed by atoms with Gasteiger partial charge in [0.25, 0.3) is 0 Å². The molecule has 1 unspecified atom stereocenters. The zero-order valence-electron chi connectivity index (χ0n) is 15.9. The third-order valence-electron chi connectivity index (χ3n) is 4.33. The average molecular weight is 370 g/mol. The fourth-order valence-electron chi connectivity index (χ4n) is 3.05. The molecule has 1 fully saturated rings. The van der Waals surface area contributed by atoms with Crippen LogP contribution in [0.3, 0.4) is 0 Å². The van der Waals surface area contributed by atoms with E-state index < -0.39 is 5.60 Å². The van der Waals surface area contributed by atoms with Crippen LogP contribution in [-0.2, 0) is 4.74 Å². The highest BCUT2D eigenvalue weighted by Gasteiger charge is 2.33. The Labute approximate surface area is 159 Å². The van der Waals surface area contributed by atoms with Gasteiger partial charge in [-0.3, -0.25) is 0 Å². The van der Waals surface area contributed by atoms with Crippen LogP contribution in [-0.4, -0.2) is 46.2 Å². The smallest absolute Gasteiger partial charge is 0.410 e. The summed E-state index contributed by atoms with van der Waals surface area (Å²) in [6.07, 6.45) is 3.18. The molecule has 1 aliphatic rings. The lowest BCUT2D eigenvalue weighted by molar-refractivity contribution is 0.0214. The molecule has 8 nitrogen and oxygen atoms in total. The first-order valence-corrected chi connectivity index (χ1v) is 8.90. The molecule has 1 saturated heterocycles. The van der Waals surface area contributed by atoms with E-state index in [4.69, 9.17) is 16.2 Å². The third-order valence-corrected chi connectivity index (χ3v) is 4.33. The van der Waals surface area contributed by atoms with Crippen molar-refractivity contribution in [2.45, 2.75) is 32.4 Å². The van der Waals surface area contributed by atoms with Crippen molar-refractivity contribution in [1.82, 2.24) is 14.9 Å². The second-order valence-electron chi connectivity index (χ2n) is 7.59. The lowest BCUT2D eigenvalue weighted by Crippen LogP contribution is -2.51. The number of amides is 1. The number of piperazine rings is 1. The predicted octanol–water partition coefficient (Wildman–Crippen LogP) is 2.44. The summed E-state index contributed by atoms with van der Waals surface area (Å²) in [5.74, 6) is 0.927. The van der Waals surface area contributed by atoms with Crippen molar-refractivity contribution in [2.24, 2.45) is 0 Å². The summed E-state index contributed by atoms with van der Waals surface area (Å²) < 4.78 is 5.54. The number of anilines is 3. The summed E-state index contributed by atoms with van der Waals surface area (Å²) in [5, 5.41) is 0. The van der Waals surface area contributed by atoms with Crippen LogP contribution in [0, 0.1) is 0 Å². The van der Waals surface area contributed by atoms with Crippen LogP contribution in [0.2, 0.25) is 0 Å². The fourth-order valence-corrected chi connectivity index (χ4v) is 3.05. The molecule has 0 aromatic carbocycles. The van der Waals surface area contributed by atoms with E-state index in [1.165, 1.54) is 0 Å². The van der Waals surface area contributed by atoms with Crippen LogP contribution in [0.4, 0.5) is 22.1 Å². The summed E-state index contributed by atoms with van der Waals surface area (Å²) in [6.45, 7) is 7.26. The molecular weight excluding hydrogens is 344 g/mol. The fraction of sp³-hybridized carbons (Fsp3) is 0.421. The van der Waals surface area contributed by atoms with Gasteiger partial charge in [-0.15, -0.1) is 0 Å². The number of carbonyl (C=O) groups excluding carboxylic acids is 1. The van der Waals surface area contributed by atoms with E-state index in [1.807, 2.05) is 32.9 Å². The highest BCUT2D eigenvalue weighted by Crippen LogP contribution is 2.31. The number of nitrogens with two attached hydrogens (primary N) is 2. The molecule has 0 radical (unpaired) electrons. The minimum absolute atomic E-state index is 0.0928. The Morgan fingerprint density at radius 2 is 1.74 bits per heavy atom. The van der Waals surface area contributed by atoms with Gasteiger partial charge in [-0.05, 0) is 44.5 Å². The van der Waals surface area contributed by atoms with Gasteiger partial charge in [0.15, 0.2) is 0 Å². The molecule has 1 atom stereocenters. The number of hydrogen-bond donors (Lipinski definition) is 2. The Bertz CT molecular complexity index is 785. The van der Waals surface area contributed by atoms with Gasteiger partial charge in [0.05, 0.1) is 17.9 Å². The number of nitrogen functional groups attached to an aromatic ring is 2. The van der Waals surface area contributed by atoms with Crippen molar-refractivity contribution in [1.29, 1.82) is 0 Å². The minimum atomic E-state index is -0.534. The third kappa shape index (κ3) is 4.58. The number of aromatic nitrogens is 2. The molecule has 0 aliphatic carbocycles. The lowest BCUT2D eigenvalue weighted by atomic mass is 10.0. The van der Waals surface area contributed by atoms with Crippen LogP contribution in [0.5, 0.6) is 0 Å². The van der Waals surface area contributed by atoms with Crippen molar-refractivity contribution < 1.29 is 9.53 Å². The first kappa shape index (κ1) is 18.8. The Kier molecular flexibility index (Phi) is 5.07. The normalized spacial score (nSPS) is 17.7. The lowest BCUT2D eigenvalue weighted by Gasteiger charge is -2.42. The zero-order chi connectivity index (χ0) is 19.6. The maximum Gasteiger partial charge on any atom is 0.410 e. The quantitative estimate of drug-likeness (QED) is 0.835. The summed E-state index contributed by atoms with van der Waals surface area (Å²) in [7, 11) is 0. The molecule has 2 aromatic rings. The summed E-state index contributed by atoms with van der Waals surface area (Å²) in [6, 6.07) is 7.31. The topological polar surface area (TPSA) is 111 Å². The molecule has 0 spiro atoms.